The van der Waals surface area contributed by atoms with Crippen LogP contribution >= 0.6 is 0 Å². The number of ether oxygens (including phenoxy) is 2. The van der Waals surface area contributed by atoms with E-state index in [1.54, 1.807) is 20.3 Å². The third kappa shape index (κ3) is 2.20. The van der Waals surface area contributed by atoms with Gasteiger partial charge in [-0.2, -0.15) is 4.99 Å². The van der Waals surface area contributed by atoms with Crippen LogP contribution in [0.2, 0.25) is 0 Å². The summed E-state index contributed by atoms with van der Waals surface area (Å²) in [5.74, 6) is 1.44. The van der Waals surface area contributed by atoms with Crippen molar-refractivity contribution in [2.45, 2.75) is 45.1 Å². The van der Waals surface area contributed by atoms with Gasteiger partial charge in [-0.15, -0.1) is 0 Å². The second-order valence-electron chi connectivity index (χ2n) is 5.35. The van der Waals surface area contributed by atoms with Gasteiger partial charge in [0.2, 0.25) is 6.08 Å². The average Bonchev–Trinajstić information content (AvgIpc) is 2.91. The Hall–Kier alpha value is -1.80. The number of benzene rings is 1. The predicted octanol–water partition coefficient (Wildman–Crippen LogP) is 3.43. The van der Waals surface area contributed by atoms with Crippen LogP contribution in [-0.4, -0.2) is 20.3 Å². The van der Waals surface area contributed by atoms with Crippen molar-refractivity contribution in [1.82, 2.24) is 0 Å². The number of aliphatic imine (C=N–C) groups is 1. The third-order valence-electron chi connectivity index (χ3n) is 4.42. The van der Waals surface area contributed by atoms with Gasteiger partial charge in [-0.3, -0.25) is 0 Å². The van der Waals surface area contributed by atoms with E-state index in [0.717, 1.165) is 48.1 Å². The Labute approximate surface area is 119 Å². The summed E-state index contributed by atoms with van der Waals surface area (Å²) >= 11 is 0. The van der Waals surface area contributed by atoms with Gasteiger partial charge in [0.25, 0.3) is 0 Å². The molecule has 1 saturated carbocycles. The molecular formula is C16H21NO3. The van der Waals surface area contributed by atoms with Gasteiger partial charge in [0.1, 0.15) is 0 Å². The molecule has 0 aliphatic heterocycles. The zero-order chi connectivity index (χ0) is 14.8. The number of nitrogens with zero attached hydrogens (tertiary/aromatic N) is 1. The molecule has 1 aliphatic rings. The van der Waals surface area contributed by atoms with E-state index in [9.17, 15) is 4.79 Å². The summed E-state index contributed by atoms with van der Waals surface area (Å²) in [7, 11) is 3.26. The molecule has 0 amide bonds. The van der Waals surface area contributed by atoms with E-state index in [2.05, 4.69) is 4.99 Å². The van der Waals surface area contributed by atoms with Crippen LogP contribution in [0.25, 0.3) is 0 Å². The highest BCUT2D eigenvalue weighted by Gasteiger charge is 2.38. The summed E-state index contributed by atoms with van der Waals surface area (Å²) in [6.07, 6.45) is 5.70. The van der Waals surface area contributed by atoms with Gasteiger partial charge >= 0.3 is 0 Å². The van der Waals surface area contributed by atoms with Gasteiger partial charge in [-0.25, -0.2) is 4.79 Å². The summed E-state index contributed by atoms with van der Waals surface area (Å²) in [6, 6.07) is 1.97. The molecule has 1 fully saturated rings. The maximum Gasteiger partial charge on any atom is 0.235 e. The lowest BCUT2D eigenvalue weighted by atomic mass is 9.84. The molecule has 1 aromatic carbocycles. The van der Waals surface area contributed by atoms with Crippen LogP contribution in [0.5, 0.6) is 11.5 Å². The Morgan fingerprint density at radius 2 is 1.80 bits per heavy atom. The largest absolute Gasteiger partial charge is 0.493 e. The van der Waals surface area contributed by atoms with Gasteiger partial charge in [-0.05, 0) is 49.4 Å². The highest BCUT2D eigenvalue weighted by Crippen LogP contribution is 2.47. The molecule has 0 unspecified atom stereocenters. The highest BCUT2D eigenvalue weighted by atomic mass is 16.5. The molecule has 0 heterocycles. The van der Waals surface area contributed by atoms with Crippen molar-refractivity contribution in [3.8, 4) is 11.5 Å². The minimum Gasteiger partial charge on any atom is -0.493 e. The molecule has 1 aliphatic carbocycles. The fraction of sp³-hybridized carbons (Fsp3) is 0.562. The molecule has 108 valence electrons. The third-order valence-corrected chi connectivity index (χ3v) is 4.42. The fourth-order valence-corrected chi connectivity index (χ4v) is 3.24. The normalized spacial score (nSPS) is 16.6. The highest BCUT2D eigenvalue weighted by molar-refractivity contribution is 5.56. The summed E-state index contributed by atoms with van der Waals surface area (Å²) in [5, 5.41) is 0. The molecule has 4 nitrogen and oxygen atoms in total. The monoisotopic (exact) mass is 275 g/mol. The Kier molecular flexibility index (Phi) is 4.15. The zero-order valence-electron chi connectivity index (χ0n) is 12.6. The van der Waals surface area contributed by atoms with Crippen LogP contribution in [-0.2, 0) is 10.3 Å². The van der Waals surface area contributed by atoms with Crippen molar-refractivity contribution in [1.29, 1.82) is 0 Å². The topological polar surface area (TPSA) is 47.9 Å². The summed E-state index contributed by atoms with van der Waals surface area (Å²) in [4.78, 5) is 15.0. The lowest BCUT2D eigenvalue weighted by Crippen LogP contribution is -2.21. The van der Waals surface area contributed by atoms with E-state index in [-0.39, 0.29) is 0 Å². The summed E-state index contributed by atoms with van der Waals surface area (Å²) < 4.78 is 10.9. The molecule has 0 bridgehead atoms. The second kappa shape index (κ2) is 5.68. The van der Waals surface area contributed by atoms with Crippen LogP contribution in [0, 0.1) is 13.8 Å². The van der Waals surface area contributed by atoms with Crippen LogP contribution in [0.3, 0.4) is 0 Å². The fourth-order valence-electron chi connectivity index (χ4n) is 3.24. The quantitative estimate of drug-likeness (QED) is 0.625. The maximum absolute atomic E-state index is 10.9. The van der Waals surface area contributed by atoms with Gasteiger partial charge in [0, 0.05) is 0 Å². The lowest BCUT2D eigenvalue weighted by molar-refractivity contribution is 0.349. The molecule has 1 aromatic rings. The average molecular weight is 275 g/mol. The lowest BCUT2D eigenvalue weighted by Gasteiger charge is -2.27. The number of hydrogen-bond acceptors (Lipinski definition) is 4. The van der Waals surface area contributed by atoms with E-state index in [0.29, 0.717) is 5.75 Å². The Morgan fingerprint density at radius 3 is 2.30 bits per heavy atom. The first kappa shape index (κ1) is 14.6. The minimum absolute atomic E-state index is 0.434. The zero-order valence-corrected chi connectivity index (χ0v) is 12.6. The number of rotatable bonds is 4. The van der Waals surface area contributed by atoms with Crippen molar-refractivity contribution in [2.75, 3.05) is 14.2 Å². The van der Waals surface area contributed by atoms with Crippen molar-refractivity contribution in [3.05, 3.63) is 22.8 Å². The number of hydrogen-bond donors (Lipinski definition) is 0. The van der Waals surface area contributed by atoms with Crippen molar-refractivity contribution < 1.29 is 14.3 Å². The molecule has 2 rings (SSSR count). The molecule has 0 N–H and O–H groups in total. The van der Waals surface area contributed by atoms with Crippen molar-refractivity contribution >= 4 is 6.08 Å². The SMILES string of the molecule is COc1cc(C2(N=C=O)CCCC2)c(C)c(C)c1OC. The first-order valence-corrected chi connectivity index (χ1v) is 6.91. The standard InChI is InChI=1S/C16H21NO3/c1-11-12(2)15(20-4)14(19-3)9-13(11)16(17-10-18)7-5-6-8-16/h9H,5-8H2,1-4H3. The number of methoxy groups -OCH3 is 2. The Balaban J connectivity index is 2.67. The molecule has 4 heteroatoms. The molecule has 20 heavy (non-hydrogen) atoms. The van der Waals surface area contributed by atoms with Gasteiger partial charge < -0.3 is 9.47 Å². The van der Waals surface area contributed by atoms with Gasteiger partial charge in [0.15, 0.2) is 11.5 Å². The summed E-state index contributed by atoms with van der Waals surface area (Å²) in [6.45, 7) is 4.06. The van der Waals surface area contributed by atoms with Crippen LogP contribution in [0.1, 0.15) is 42.4 Å². The Morgan fingerprint density at radius 1 is 1.15 bits per heavy atom. The van der Waals surface area contributed by atoms with E-state index in [1.165, 1.54) is 0 Å². The van der Waals surface area contributed by atoms with Crippen molar-refractivity contribution in [2.24, 2.45) is 4.99 Å². The molecular weight excluding hydrogens is 254 g/mol. The van der Waals surface area contributed by atoms with Crippen LogP contribution in [0.15, 0.2) is 11.1 Å². The van der Waals surface area contributed by atoms with E-state index >= 15 is 0 Å². The predicted molar refractivity (Wildman–Crippen MR) is 77.3 cm³/mol. The maximum atomic E-state index is 10.9. The minimum atomic E-state index is -0.434. The smallest absolute Gasteiger partial charge is 0.235 e. The first-order chi connectivity index (χ1) is 9.59. The van der Waals surface area contributed by atoms with Crippen molar-refractivity contribution in [3.63, 3.8) is 0 Å². The number of carbonyl (C=O) groups excluding carboxylic acids is 1. The Bertz CT molecular complexity index is 553. The molecule has 0 aromatic heterocycles. The molecule has 0 atom stereocenters. The molecule has 0 spiro atoms. The second-order valence-corrected chi connectivity index (χ2v) is 5.35. The van der Waals surface area contributed by atoms with Gasteiger partial charge in [-0.1, -0.05) is 12.8 Å². The molecule has 0 radical (unpaired) electrons. The van der Waals surface area contributed by atoms with E-state index in [1.807, 2.05) is 19.9 Å². The summed E-state index contributed by atoms with van der Waals surface area (Å²) in [5.41, 5.74) is 2.78. The van der Waals surface area contributed by atoms with Crippen LogP contribution < -0.4 is 9.47 Å². The number of isocyanates is 1. The van der Waals surface area contributed by atoms with E-state index in [4.69, 9.17) is 9.47 Å². The van der Waals surface area contributed by atoms with Gasteiger partial charge in [0.05, 0.1) is 19.8 Å². The molecule has 0 saturated heterocycles. The van der Waals surface area contributed by atoms with Crippen LogP contribution in [0.4, 0.5) is 0 Å². The van der Waals surface area contributed by atoms with E-state index < -0.39 is 5.54 Å². The first-order valence-electron chi connectivity index (χ1n) is 6.91.